The molecule has 2 N–H and O–H groups in total. The molecule has 27 heavy (non-hydrogen) atoms. The monoisotopic (exact) mass is 369 g/mol. The Balaban J connectivity index is 1.53. The highest BCUT2D eigenvalue weighted by atomic mass is 16.5. The van der Waals surface area contributed by atoms with Crippen LogP contribution in [0, 0.1) is 0 Å². The Kier molecular flexibility index (Phi) is 6.27. The Hall–Kier alpha value is -3.06. The number of hydrogen-bond acceptors (Lipinski definition) is 5. The van der Waals surface area contributed by atoms with Gasteiger partial charge in [0, 0.05) is 24.3 Å². The van der Waals surface area contributed by atoms with E-state index in [4.69, 9.17) is 9.47 Å². The normalized spacial score (nSPS) is 13.7. The quantitative estimate of drug-likeness (QED) is 0.816. The maximum atomic E-state index is 12.4. The summed E-state index contributed by atoms with van der Waals surface area (Å²) >= 11 is 0. The molecule has 2 aromatic rings. The fraction of sp³-hybridized carbons (Fsp3) is 0.300. The van der Waals surface area contributed by atoms with Crippen LogP contribution in [0.3, 0.4) is 0 Å². The predicted octanol–water partition coefficient (Wildman–Crippen LogP) is 2.22. The van der Waals surface area contributed by atoms with Gasteiger partial charge in [-0.1, -0.05) is 12.1 Å². The summed E-state index contributed by atoms with van der Waals surface area (Å²) in [5.41, 5.74) is 1.99. The number of methoxy groups -OCH3 is 1. The van der Waals surface area contributed by atoms with E-state index in [1.165, 1.54) is 0 Å². The van der Waals surface area contributed by atoms with Crippen molar-refractivity contribution in [2.45, 2.75) is 0 Å². The standard InChI is InChI=1S/C20H23N3O4/c1-26-18-5-3-2-4-17(18)21-14-19(24)22-16-8-6-15(7-9-16)20(25)23-10-12-27-13-11-23/h2-9,21H,10-14H2,1H3,(H,22,24). The van der Waals surface area contributed by atoms with Gasteiger partial charge < -0.3 is 25.0 Å². The van der Waals surface area contributed by atoms with Crippen molar-refractivity contribution >= 4 is 23.2 Å². The van der Waals surface area contributed by atoms with Gasteiger partial charge in [-0.05, 0) is 36.4 Å². The van der Waals surface area contributed by atoms with Crippen LogP contribution in [0.4, 0.5) is 11.4 Å². The lowest BCUT2D eigenvalue weighted by Crippen LogP contribution is -2.40. The van der Waals surface area contributed by atoms with Crippen molar-refractivity contribution in [3.63, 3.8) is 0 Å². The second-order valence-corrected chi connectivity index (χ2v) is 6.08. The molecule has 2 amide bonds. The molecule has 0 radical (unpaired) electrons. The number of hydrogen-bond donors (Lipinski definition) is 2. The van der Waals surface area contributed by atoms with Crippen molar-refractivity contribution in [1.29, 1.82) is 0 Å². The van der Waals surface area contributed by atoms with Crippen molar-refractivity contribution < 1.29 is 19.1 Å². The first kappa shape index (κ1) is 18.7. The van der Waals surface area contributed by atoms with E-state index in [9.17, 15) is 9.59 Å². The summed E-state index contributed by atoms with van der Waals surface area (Å²) in [4.78, 5) is 26.3. The molecular formula is C20H23N3O4. The molecule has 1 heterocycles. The van der Waals surface area contributed by atoms with Gasteiger partial charge in [0.1, 0.15) is 5.75 Å². The molecule has 0 spiro atoms. The summed E-state index contributed by atoms with van der Waals surface area (Å²) in [6.45, 7) is 2.45. The number of carbonyl (C=O) groups excluding carboxylic acids is 2. The first-order valence-corrected chi connectivity index (χ1v) is 8.81. The van der Waals surface area contributed by atoms with E-state index < -0.39 is 0 Å². The number of para-hydroxylation sites is 2. The predicted molar refractivity (Wildman–Crippen MR) is 103 cm³/mol. The van der Waals surface area contributed by atoms with Crippen molar-refractivity contribution in [1.82, 2.24) is 4.90 Å². The van der Waals surface area contributed by atoms with Gasteiger partial charge in [-0.3, -0.25) is 9.59 Å². The number of carbonyl (C=O) groups is 2. The summed E-state index contributed by atoms with van der Waals surface area (Å²) in [5.74, 6) is 0.471. The highest BCUT2D eigenvalue weighted by Gasteiger charge is 2.18. The molecule has 1 saturated heterocycles. The van der Waals surface area contributed by atoms with E-state index in [1.807, 2.05) is 24.3 Å². The summed E-state index contributed by atoms with van der Waals surface area (Å²) < 4.78 is 10.5. The zero-order chi connectivity index (χ0) is 19.1. The number of rotatable bonds is 6. The lowest BCUT2D eigenvalue weighted by atomic mass is 10.1. The maximum Gasteiger partial charge on any atom is 0.254 e. The van der Waals surface area contributed by atoms with Crippen molar-refractivity contribution in [2.24, 2.45) is 0 Å². The molecule has 7 heteroatoms. The van der Waals surface area contributed by atoms with Crippen LogP contribution in [0.5, 0.6) is 5.75 Å². The van der Waals surface area contributed by atoms with Gasteiger partial charge in [-0.2, -0.15) is 0 Å². The number of anilines is 2. The summed E-state index contributed by atoms with van der Waals surface area (Å²) in [5, 5.41) is 5.86. The summed E-state index contributed by atoms with van der Waals surface area (Å²) in [6.07, 6.45) is 0. The molecule has 0 atom stereocenters. The molecule has 3 rings (SSSR count). The van der Waals surface area contributed by atoms with E-state index in [0.29, 0.717) is 43.3 Å². The van der Waals surface area contributed by atoms with E-state index in [0.717, 1.165) is 5.69 Å². The Morgan fingerprint density at radius 2 is 1.78 bits per heavy atom. The second-order valence-electron chi connectivity index (χ2n) is 6.08. The number of nitrogens with one attached hydrogen (secondary N) is 2. The number of nitrogens with zero attached hydrogens (tertiary/aromatic N) is 1. The fourth-order valence-electron chi connectivity index (χ4n) is 2.82. The van der Waals surface area contributed by atoms with Gasteiger partial charge >= 0.3 is 0 Å². The van der Waals surface area contributed by atoms with Crippen LogP contribution in [0.15, 0.2) is 48.5 Å². The topological polar surface area (TPSA) is 79.9 Å². The van der Waals surface area contributed by atoms with Crippen LogP contribution in [-0.2, 0) is 9.53 Å². The molecule has 0 aliphatic carbocycles. The van der Waals surface area contributed by atoms with Gasteiger partial charge in [-0.25, -0.2) is 0 Å². The number of morpholine rings is 1. The van der Waals surface area contributed by atoms with Gasteiger partial charge in [0.05, 0.1) is 32.6 Å². The number of ether oxygens (including phenoxy) is 2. The summed E-state index contributed by atoms with van der Waals surface area (Å²) in [6, 6.07) is 14.3. The number of benzene rings is 2. The van der Waals surface area contributed by atoms with Crippen LogP contribution in [0.25, 0.3) is 0 Å². The molecule has 0 aromatic heterocycles. The van der Waals surface area contributed by atoms with Gasteiger partial charge in [-0.15, -0.1) is 0 Å². The van der Waals surface area contributed by atoms with Crippen LogP contribution in [-0.4, -0.2) is 56.7 Å². The maximum absolute atomic E-state index is 12.4. The molecule has 0 bridgehead atoms. The Morgan fingerprint density at radius 3 is 2.48 bits per heavy atom. The van der Waals surface area contributed by atoms with E-state index in [1.54, 1.807) is 36.3 Å². The van der Waals surface area contributed by atoms with E-state index in [2.05, 4.69) is 10.6 Å². The third kappa shape index (κ3) is 4.98. The average Bonchev–Trinajstić information content (AvgIpc) is 2.73. The molecule has 1 fully saturated rings. The van der Waals surface area contributed by atoms with Gasteiger partial charge in [0.25, 0.3) is 5.91 Å². The third-order valence-electron chi connectivity index (χ3n) is 4.26. The van der Waals surface area contributed by atoms with Gasteiger partial charge in [0.2, 0.25) is 5.91 Å². The van der Waals surface area contributed by atoms with Crippen LogP contribution in [0.1, 0.15) is 10.4 Å². The van der Waals surface area contributed by atoms with Crippen molar-refractivity contribution in [3.8, 4) is 5.75 Å². The van der Waals surface area contributed by atoms with E-state index in [-0.39, 0.29) is 18.4 Å². The lowest BCUT2D eigenvalue weighted by Gasteiger charge is -2.26. The Morgan fingerprint density at radius 1 is 1.07 bits per heavy atom. The number of amides is 2. The third-order valence-corrected chi connectivity index (χ3v) is 4.26. The fourth-order valence-corrected chi connectivity index (χ4v) is 2.82. The average molecular weight is 369 g/mol. The molecule has 1 aliphatic rings. The second kappa shape index (κ2) is 9.05. The van der Waals surface area contributed by atoms with Crippen molar-refractivity contribution in [3.05, 3.63) is 54.1 Å². The molecule has 7 nitrogen and oxygen atoms in total. The smallest absolute Gasteiger partial charge is 0.254 e. The first-order valence-electron chi connectivity index (χ1n) is 8.81. The first-order chi connectivity index (χ1) is 13.2. The van der Waals surface area contributed by atoms with Crippen molar-refractivity contribution in [2.75, 3.05) is 50.6 Å². The molecule has 1 aliphatic heterocycles. The molecule has 0 unspecified atom stereocenters. The zero-order valence-electron chi connectivity index (χ0n) is 15.2. The Labute approximate surface area is 158 Å². The minimum atomic E-state index is -0.187. The van der Waals surface area contributed by atoms with Crippen LogP contribution in [0.2, 0.25) is 0 Å². The summed E-state index contributed by atoms with van der Waals surface area (Å²) in [7, 11) is 1.58. The lowest BCUT2D eigenvalue weighted by molar-refractivity contribution is -0.114. The highest BCUT2D eigenvalue weighted by Crippen LogP contribution is 2.22. The molecular weight excluding hydrogens is 346 g/mol. The molecule has 0 saturated carbocycles. The van der Waals surface area contributed by atoms with E-state index >= 15 is 0 Å². The molecule has 2 aromatic carbocycles. The largest absolute Gasteiger partial charge is 0.495 e. The Bertz CT molecular complexity index is 786. The molecule has 142 valence electrons. The minimum absolute atomic E-state index is 0.0194. The SMILES string of the molecule is COc1ccccc1NCC(=O)Nc1ccc(C(=O)N2CCOCC2)cc1. The minimum Gasteiger partial charge on any atom is -0.495 e. The highest BCUT2D eigenvalue weighted by molar-refractivity contribution is 5.96. The zero-order valence-corrected chi connectivity index (χ0v) is 15.2. The van der Waals surface area contributed by atoms with Crippen LogP contribution < -0.4 is 15.4 Å². The van der Waals surface area contributed by atoms with Crippen LogP contribution >= 0.6 is 0 Å². The van der Waals surface area contributed by atoms with Gasteiger partial charge in [0.15, 0.2) is 0 Å².